The van der Waals surface area contributed by atoms with Crippen molar-refractivity contribution in [3.63, 3.8) is 0 Å². The van der Waals surface area contributed by atoms with Gasteiger partial charge in [0.2, 0.25) is 5.89 Å². The summed E-state index contributed by atoms with van der Waals surface area (Å²) in [6, 6.07) is 18.2. The van der Waals surface area contributed by atoms with Gasteiger partial charge in [0, 0.05) is 24.1 Å². The number of oxazole rings is 1. The molecule has 1 heterocycles. The molecule has 1 N–H and O–H groups in total. The molecule has 0 aliphatic rings. The molecule has 0 amide bonds. The Hall–Kier alpha value is -2.59. The zero-order valence-corrected chi connectivity index (χ0v) is 16.6. The van der Waals surface area contributed by atoms with Gasteiger partial charge in [0.25, 0.3) is 0 Å². The second-order valence-electron chi connectivity index (χ2n) is 7.73. The zero-order valence-electron chi connectivity index (χ0n) is 16.6. The molecule has 0 aliphatic heterocycles. The molecule has 0 fully saturated rings. The number of hydrogen-bond acceptors (Lipinski definition) is 4. The highest BCUT2D eigenvalue weighted by molar-refractivity contribution is 5.53. The van der Waals surface area contributed by atoms with Gasteiger partial charge in [-0.1, -0.05) is 30.3 Å². The minimum atomic E-state index is 0.114. The van der Waals surface area contributed by atoms with Crippen LogP contribution < -0.4 is 10.1 Å². The van der Waals surface area contributed by atoms with E-state index in [1.807, 2.05) is 49.4 Å². The van der Waals surface area contributed by atoms with E-state index in [-0.39, 0.29) is 5.54 Å². The summed E-state index contributed by atoms with van der Waals surface area (Å²) in [4.78, 5) is 4.62. The normalized spacial score (nSPS) is 11.6. The lowest BCUT2D eigenvalue weighted by atomic mass is 10.1. The van der Waals surface area contributed by atoms with Crippen molar-refractivity contribution < 1.29 is 9.15 Å². The van der Waals surface area contributed by atoms with Gasteiger partial charge in [0.1, 0.15) is 11.5 Å². The molecule has 0 bridgehead atoms. The number of benzene rings is 2. The Balaban J connectivity index is 1.52. The summed E-state index contributed by atoms with van der Waals surface area (Å²) in [5.41, 5.74) is 3.30. The Kier molecular flexibility index (Phi) is 5.97. The van der Waals surface area contributed by atoms with E-state index in [4.69, 9.17) is 9.15 Å². The number of rotatable bonds is 7. The fourth-order valence-corrected chi connectivity index (χ4v) is 2.70. The van der Waals surface area contributed by atoms with Gasteiger partial charge >= 0.3 is 0 Å². The van der Waals surface area contributed by atoms with Crippen LogP contribution in [0.4, 0.5) is 0 Å². The molecule has 1 aromatic heterocycles. The second-order valence-corrected chi connectivity index (χ2v) is 7.73. The van der Waals surface area contributed by atoms with Crippen LogP contribution in [0.15, 0.2) is 59.0 Å². The molecule has 0 saturated heterocycles. The van der Waals surface area contributed by atoms with Crippen molar-refractivity contribution in [3.05, 3.63) is 71.6 Å². The first-order chi connectivity index (χ1) is 12.9. The lowest BCUT2D eigenvalue weighted by Crippen LogP contribution is -2.35. The van der Waals surface area contributed by atoms with Gasteiger partial charge in [-0.3, -0.25) is 0 Å². The van der Waals surface area contributed by atoms with Crippen molar-refractivity contribution in [2.75, 3.05) is 6.61 Å². The molecule has 4 nitrogen and oxygen atoms in total. The number of hydrogen-bond donors (Lipinski definition) is 1. The molecule has 142 valence electrons. The molecule has 0 saturated carbocycles. The molecule has 3 aromatic rings. The predicted molar refractivity (Wildman–Crippen MR) is 109 cm³/mol. The second kappa shape index (κ2) is 8.40. The highest BCUT2D eigenvalue weighted by Crippen LogP contribution is 2.22. The molecule has 2 aromatic carbocycles. The van der Waals surface area contributed by atoms with Crippen LogP contribution in [0.2, 0.25) is 0 Å². The highest BCUT2D eigenvalue weighted by atomic mass is 16.5. The molecule has 3 rings (SSSR count). The van der Waals surface area contributed by atoms with Gasteiger partial charge in [-0.2, -0.15) is 0 Å². The van der Waals surface area contributed by atoms with Gasteiger partial charge in [-0.25, -0.2) is 4.98 Å². The van der Waals surface area contributed by atoms with E-state index in [9.17, 15) is 0 Å². The summed E-state index contributed by atoms with van der Waals surface area (Å²) in [6.07, 6.45) is 0.718. The van der Waals surface area contributed by atoms with E-state index in [2.05, 4.69) is 43.2 Å². The van der Waals surface area contributed by atoms with Crippen molar-refractivity contribution in [2.45, 2.75) is 46.2 Å². The average Bonchev–Trinajstić information content (AvgIpc) is 3.02. The smallest absolute Gasteiger partial charge is 0.226 e. The van der Waals surface area contributed by atoms with Crippen molar-refractivity contribution in [1.29, 1.82) is 0 Å². The van der Waals surface area contributed by atoms with Crippen molar-refractivity contribution >= 4 is 0 Å². The van der Waals surface area contributed by atoms with E-state index in [1.54, 1.807) is 0 Å². The third kappa shape index (κ3) is 5.69. The maximum atomic E-state index is 5.88. The fraction of sp³-hybridized carbons (Fsp3) is 0.348. The Morgan fingerprint density at radius 3 is 2.37 bits per heavy atom. The van der Waals surface area contributed by atoms with Crippen molar-refractivity contribution in [3.8, 4) is 17.2 Å². The molecular formula is C23H28N2O2. The molecule has 0 radical (unpaired) electrons. The minimum Gasteiger partial charge on any atom is -0.493 e. The largest absolute Gasteiger partial charge is 0.493 e. The van der Waals surface area contributed by atoms with Crippen LogP contribution in [-0.4, -0.2) is 17.1 Å². The van der Waals surface area contributed by atoms with Crippen LogP contribution in [0.5, 0.6) is 5.75 Å². The molecule has 4 heteroatoms. The molecule has 0 spiro atoms. The Labute approximate surface area is 161 Å². The van der Waals surface area contributed by atoms with Crippen LogP contribution in [0.3, 0.4) is 0 Å². The van der Waals surface area contributed by atoms with Crippen LogP contribution in [0.1, 0.15) is 37.8 Å². The predicted octanol–water partition coefficient (Wildman–Crippen LogP) is 5.16. The van der Waals surface area contributed by atoms with Crippen LogP contribution in [-0.2, 0) is 13.0 Å². The van der Waals surface area contributed by atoms with E-state index in [1.165, 1.54) is 5.56 Å². The summed E-state index contributed by atoms with van der Waals surface area (Å²) in [5.74, 6) is 2.39. The Morgan fingerprint density at radius 2 is 1.70 bits per heavy atom. The summed E-state index contributed by atoms with van der Waals surface area (Å²) in [6.45, 7) is 9.87. The summed E-state index contributed by atoms with van der Waals surface area (Å²) < 4.78 is 11.7. The molecule has 0 unspecified atom stereocenters. The number of nitrogens with zero attached hydrogens (tertiary/aromatic N) is 1. The SMILES string of the molecule is Cc1oc(-c2ccccc2)nc1CCOc1ccc(CNC(C)(C)C)cc1. The monoisotopic (exact) mass is 364 g/mol. The molecule has 27 heavy (non-hydrogen) atoms. The third-order valence-corrected chi connectivity index (χ3v) is 4.27. The summed E-state index contributed by atoms with van der Waals surface area (Å²) >= 11 is 0. The van der Waals surface area contributed by atoms with E-state index >= 15 is 0 Å². The fourth-order valence-electron chi connectivity index (χ4n) is 2.70. The number of ether oxygens (including phenoxy) is 1. The van der Waals surface area contributed by atoms with Crippen molar-refractivity contribution in [2.24, 2.45) is 0 Å². The lowest BCUT2D eigenvalue weighted by Gasteiger charge is -2.20. The van der Waals surface area contributed by atoms with Crippen LogP contribution in [0, 0.1) is 6.92 Å². The van der Waals surface area contributed by atoms with Crippen LogP contribution >= 0.6 is 0 Å². The first-order valence-electron chi connectivity index (χ1n) is 9.39. The summed E-state index contributed by atoms with van der Waals surface area (Å²) in [5, 5.41) is 3.48. The van der Waals surface area contributed by atoms with E-state index < -0.39 is 0 Å². The number of nitrogens with one attached hydrogen (secondary N) is 1. The van der Waals surface area contributed by atoms with Crippen LogP contribution in [0.25, 0.3) is 11.5 Å². The maximum Gasteiger partial charge on any atom is 0.226 e. The lowest BCUT2D eigenvalue weighted by molar-refractivity contribution is 0.319. The molecule has 0 aliphatic carbocycles. The molecule has 0 atom stereocenters. The number of aromatic nitrogens is 1. The average molecular weight is 364 g/mol. The maximum absolute atomic E-state index is 5.88. The zero-order chi connectivity index (χ0) is 19.3. The Morgan fingerprint density at radius 1 is 1.00 bits per heavy atom. The summed E-state index contributed by atoms with van der Waals surface area (Å²) in [7, 11) is 0. The Bertz CT molecular complexity index is 846. The van der Waals surface area contributed by atoms with E-state index in [0.717, 1.165) is 35.7 Å². The van der Waals surface area contributed by atoms with Gasteiger partial charge in [0.05, 0.1) is 12.3 Å². The first-order valence-corrected chi connectivity index (χ1v) is 9.39. The topological polar surface area (TPSA) is 47.3 Å². The van der Waals surface area contributed by atoms with Gasteiger partial charge in [0.15, 0.2) is 0 Å². The highest BCUT2D eigenvalue weighted by Gasteiger charge is 2.11. The van der Waals surface area contributed by atoms with E-state index in [0.29, 0.717) is 12.5 Å². The molecular weight excluding hydrogens is 336 g/mol. The van der Waals surface area contributed by atoms with Gasteiger partial charge in [-0.05, 0) is 57.5 Å². The van der Waals surface area contributed by atoms with Gasteiger partial charge in [-0.15, -0.1) is 0 Å². The van der Waals surface area contributed by atoms with Crippen molar-refractivity contribution in [1.82, 2.24) is 10.3 Å². The standard InChI is InChI=1S/C23H28N2O2/c1-17-21(25-22(27-17)19-8-6-5-7-9-19)14-15-26-20-12-10-18(11-13-20)16-24-23(2,3)4/h5-13,24H,14-16H2,1-4H3. The minimum absolute atomic E-state index is 0.114. The number of aryl methyl sites for hydroxylation is 1. The quantitative estimate of drug-likeness (QED) is 0.629. The third-order valence-electron chi connectivity index (χ3n) is 4.27. The first kappa shape index (κ1) is 19.2. The van der Waals surface area contributed by atoms with Gasteiger partial charge < -0.3 is 14.5 Å².